The third-order valence-corrected chi connectivity index (χ3v) is 6.12. The molecule has 0 saturated carbocycles. The Morgan fingerprint density at radius 3 is 2.77 bits per heavy atom. The van der Waals surface area contributed by atoms with Crippen LogP contribution >= 0.6 is 0 Å². The number of benzene rings is 1. The van der Waals surface area contributed by atoms with Crippen molar-refractivity contribution >= 4 is 10.0 Å². The van der Waals surface area contributed by atoms with E-state index in [0.717, 1.165) is 24.1 Å². The maximum absolute atomic E-state index is 12.9. The van der Waals surface area contributed by atoms with Crippen LogP contribution in [-0.2, 0) is 10.0 Å². The summed E-state index contributed by atoms with van der Waals surface area (Å²) in [6.45, 7) is 2.86. The molecule has 0 radical (unpaired) electrons. The minimum Gasteiger partial charge on any atom is -0.261 e. The second-order valence-electron chi connectivity index (χ2n) is 5.60. The molecule has 0 N–H and O–H groups in total. The Balaban J connectivity index is 1.87. The van der Waals surface area contributed by atoms with Crippen molar-refractivity contribution in [2.75, 3.05) is 13.1 Å². The number of hydrogen-bond acceptors (Lipinski definition) is 4. The number of aryl methyl sites for hydroxylation is 1. The van der Waals surface area contributed by atoms with Gasteiger partial charge in [0.05, 0.1) is 10.6 Å². The van der Waals surface area contributed by atoms with Crippen molar-refractivity contribution < 1.29 is 8.42 Å². The fourth-order valence-corrected chi connectivity index (χ4v) is 4.66. The topological polar surface area (TPSA) is 63.2 Å². The lowest BCUT2D eigenvalue weighted by molar-refractivity contribution is 0.312. The molecule has 0 bridgehead atoms. The number of nitrogens with zero attached hydrogens (tertiary/aromatic N) is 3. The SMILES string of the molecule is Cc1ccccc1S(=O)(=O)N1CCC[C@@H](c2cnccn2)C1. The van der Waals surface area contributed by atoms with Gasteiger partial charge in [-0.1, -0.05) is 18.2 Å². The predicted molar refractivity (Wildman–Crippen MR) is 83.9 cm³/mol. The van der Waals surface area contributed by atoms with E-state index in [4.69, 9.17) is 0 Å². The summed E-state index contributed by atoms with van der Waals surface area (Å²) in [5.41, 5.74) is 1.65. The molecule has 1 aliphatic rings. The highest BCUT2D eigenvalue weighted by Crippen LogP contribution is 2.29. The molecule has 1 fully saturated rings. The van der Waals surface area contributed by atoms with Crippen LogP contribution in [0.2, 0.25) is 0 Å². The Labute approximate surface area is 131 Å². The van der Waals surface area contributed by atoms with E-state index in [1.165, 1.54) is 0 Å². The smallest absolute Gasteiger partial charge is 0.243 e. The number of hydrogen-bond donors (Lipinski definition) is 0. The summed E-state index contributed by atoms with van der Waals surface area (Å²) in [5, 5.41) is 0. The summed E-state index contributed by atoms with van der Waals surface area (Å²) in [6, 6.07) is 7.13. The molecule has 1 saturated heterocycles. The fraction of sp³-hybridized carbons (Fsp3) is 0.375. The average molecular weight is 317 g/mol. The van der Waals surface area contributed by atoms with Crippen molar-refractivity contribution in [1.82, 2.24) is 14.3 Å². The first-order valence-electron chi connectivity index (χ1n) is 7.41. The summed E-state index contributed by atoms with van der Waals surface area (Å²) in [5.74, 6) is 0.112. The van der Waals surface area contributed by atoms with Gasteiger partial charge in [0.2, 0.25) is 10.0 Å². The third kappa shape index (κ3) is 2.89. The lowest BCUT2D eigenvalue weighted by Gasteiger charge is -2.31. The number of rotatable bonds is 3. The maximum Gasteiger partial charge on any atom is 0.243 e. The van der Waals surface area contributed by atoms with Gasteiger partial charge in [0.15, 0.2) is 0 Å². The molecule has 0 unspecified atom stereocenters. The Bertz CT molecular complexity index is 747. The van der Waals surface area contributed by atoms with E-state index >= 15 is 0 Å². The summed E-state index contributed by atoms with van der Waals surface area (Å²) in [4.78, 5) is 8.81. The van der Waals surface area contributed by atoms with Crippen LogP contribution < -0.4 is 0 Å². The summed E-state index contributed by atoms with van der Waals surface area (Å²) < 4.78 is 27.3. The molecule has 22 heavy (non-hydrogen) atoms. The number of aromatic nitrogens is 2. The second kappa shape index (κ2) is 6.14. The van der Waals surface area contributed by atoms with Crippen molar-refractivity contribution in [1.29, 1.82) is 0 Å². The molecule has 0 aliphatic carbocycles. The van der Waals surface area contributed by atoms with Crippen LogP contribution in [0.15, 0.2) is 47.8 Å². The summed E-state index contributed by atoms with van der Waals surface area (Å²) >= 11 is 0. The van der Waals surface area contributed by atoms with Gasteiger partial charge < -0.3 is 0 Å². The highest BCUT2D eigenvalue weighted by Gasteiger charge is 2.32. The minimum atomic E-state index is -3.45. The zero-order valence-corrected chi connectivity index (χ0v) is 13.3. The molecule has 0 amide bonds. The maximum atomic E-state index is 12.9. The molecule has 1 aliphatic heterocycles. The minimum absolute atomic E-state index is 0.112. The van der Waals surface area contributed by atoms with E-state index in [0.29, 0.717) is 18.0 Å². The molecule has 116 valence electrons. The van der Waals surface area contributed by atoms with Crippen LogP contribution in [0.1, 0.15) is 30.0 Å². The van der Waals surface area contributed by atoms with Gasteiger partial charge in [-0.05, 0) is 31.4 Å². The van der Waals surface area contributed by atoms with Gasteiger partial charge in [-0.3, -0.25) is 9.97 Å². The standard InChI is InChI=1S/C16H19N3O2S/c1-13-5-2-3-7-16(13)22(20,21)19-10-4-6-14(12-19)15-11-17-8-9-18-15/h2-3,5,7-9,11,14H,4,6,10,12H2,1H3/t14-/m1/s1. The molecule has 6 heteroatoms. The van der Waals surface area contributed by atoms with E-state index in [1.807, 2.05) is 19.1 Å². The van der Waals surface area contributed by atoms with Gasteiger partial charge in [-0.25, -0.2) is 8.42 Å². The first kappa shape index (κ1) is 15.1. The normalized spacial score (nSPS) is 20.0. The molecule has 1 aromatic carbocycles. The van der Waals surface area contributed by atoms with Gasteiger partial charge in [-0.15, -0.1) is 0 Å². The summed E-state index contributed by atoms with van der Waals surface area (Å²) in [6.07, 6.45) is 6.80. The molecule has 5 nitrogen and oxygen atoms in total. The molecular formula is C16H19N3O2S. The predicted octanol–water partition coefficient (Wildman–Crippen LogP) is 2.35. The zero-order valence-electron chi connectivity index (χ0n) is 12.5. The Hall–Kier alpha value is -1.79. The van der Waals surface area contributed by atoms with Crippen molar-refractivity contribution in [3.8, 4) is 0 Å². The average Bonchev–Trinajstić information content (AvgIpc) is 2.56. The summed E-state index contributed by atoms with van der Waals surface area (Å²) in [7, 11) is -3.45. The molecule has 3 rings (SSSR count). The molecule has 2 heterocycles. The third-order valence-electron chi connectivity index (χ3n) is 4.10. The largest absolute Gasteiger partial charge is 0.261 e. The van der Waals surface area contributed by atoms with Crippen molar-refractivity contribution in [2.24, 2.45) is 0 Å². The van der Waals surface area contributed by atoms with Crippen molar-refractivity contribution in [3.63, 3.8) is 0 Å². The van der Waals surface area contributed by atoms with E-state index in [1.54, 1.807) is 35.0 Å². The van der Waals surface area contributed by atoms with Crippen LogP contribution in [0.3, 0.4) is 0 Å². The molecule has 0 spiro atoms. The van der Waals surface area contributed by atoms with Crippen LogP contribution in [-0.4, -0.2) is 35.8 Å². The Kier molecular flexibility index (Phi) is 4.22. The van der Waals surface area contributed by atoms with E-state index in [9.17, 15) is 8.42 Å². The molecule has 2 aromatic rings. The quantitative estimate of drug-likeness (QED) is 0.872. The van der Waals surface area contributed by atoms with Gasteiger partial charge >= 0.3 is 0 Å². The monoisotopic (exact) mass is 317 g/mol. The van der Waals surface area contributed by atoms with Gasteiger partial charge in [0.25, 0.3) is 0 Å². The zero-order chi connectivity index (χ0) is 15.6. The Morgan fingerprint density at radius 2 is 2.05 bits per heavy atom. The van der Waals surface area contributed by atoms with Crippen LogP contribution in [0.4, 0.5) is 0 Å². The fourth-order valence-electron chi connectivity index (χ4n) is 2.91. The van der Waals surface area contributed by atoms with Gasteiger partial charge in [0, 0.05) is 37.6 Å². The highest BCUT2D eigenvalue weighted by atomic mass is 32.2. The lowest BCUT2D eigenvalue weighted by atomic mass is 9.96. The van der Waals surface area contributed by atoms with E-state index < -0.39 is 10.0 Å². The lowest BCUT2D eigenvalue weighted by Crippen LogP contribution is -2.39. The molecule has 1 aromatic heterocycles. The Morgan fingerprint density at radius 1 is 1.23 bits per heavy atom. The highest BCUT2D eigenvalue weighted by molar-refractivity contribution is 7.89. The van der Waals surface area contributed by atoms with Crippen molar-refractivity contribution in [2.45, 2.75) is 30.6 Å². The van der Waals surface area contributed by atoms with Crippen molar-refractivity contribution in [3.05, 3.63) is 54.1 Å². The molecular weight excluding hydrogens is 298 g/mol. The second-order valence-corrected chi connectivity index (χ2v) is 7.50. The number of piperidine rings is 1. The van der Waals surface area contributed by atoms with Gasteiger partial charge in [0.1, 0.15) is 0 Å². The molecule has 1 atom stereocenters. The van der Waals surface area contributed by atoms with E-state index in [-0.39, 0.29) is 5.92 Å². The first-order chi connectivity index (χ1) is 10.6. The van der Waals surface area contributed by atoms with Crippen LogP contribution in [0.25, 0.3) is 0 Å². The first-order valence-corrected chi connectivity index (χ1v) is 8.85. The van der Waals surface area contributed by atoms with Crippen LogP contribution in [0.5, 0.6) is 0 Å². The number of sulfonamides is 1. The van der Waals surface area contributed by atoms with Gasteiger partial charge in [-0.2, -0.15) is 4.31 Å². The van der Waals surface area contributed by atoms with Crippen LogP contribution in [0, 0.1) is 6.92 Å². The van der Waals surface area contributed by atoms with E-state index in [2.05, 4.69) is 9.97 Å².